The van der Waals surface area contributed by atoms with Crippen LogP contribution in [0.3, 0.4) is 0 Å². The summed E-state index contributed by atoms with van der Waals surface area (Å²) in [4.78, 5) is 0. The van der Waals surface area contributed by atoms with Gasteiger partial charge in [-0.2, -0.15) is 0 Å². The van der Waals surface area contributed by atoms with Crippen LogP contribution in [-0.4, -0.2) is 48.1 Å². The predicted octanol–water partition coefficient (Wildman–Crippen LogP) is 3.08. The van der Waals surface area contributed by atoms with Crippen molar-refractivity contribution in [3.63, 3.8) is 0 Å². The highest BCUT2D eigenvalue weighted by Crippen LogP contribution is 2.28. The van der Waals surface area contributed by atoms with Crippen LogP contribution in [0.4, 0.5) is 0 Å². The van der Waals surface area contributed by atoms with E-state index in [1.165, 1.54) is 18.0 Å². The Kier molecular flexibility index (Phi) is 5.63. The van der Waals surface area contributed by atoms with Crippen LogP contribution in [0.15, 0.2) is 59.8 Å². The first-order valence-corrected chi connectivity index (χ1v) is 11.0. The zero-order valence-electron chi connectivity index (χ0n) is 14.5. The molecule has 0 aliphatic carbocycles. The van der Waals surface area contributed by atoms with Gasteiger partial charge < -0.3 is 4.74 Å². The van der Waals surface area contributed by atoms with Gasteiger partial charge in [0.05, 0.1) is 12.9 Å². The molecule has 1 heterocycles. The molecule has 0 atom stereocenters. The molecule has 0 radical (unpaired) electrons. The van der Waals surface area contributed by atoms with E-state index < -0.39 is 9.84 Å². The smallest absolute Gasteiger partial charge is 0.196 e. The fraction of sp³-hybridized carbons (Fsp3) is 0.222. The van der Waals surface area contributed by atoms with Gasteiger partial charge in [0.15, 0.2) is 11.0 Å². The molecule has 3 aromatic rings. The number of nitrogens with zero attached hydrogens (tertiary/aromatic N) is 3. The zero-order chi connectivity index (χ0) is 18.6. The van der Waals surface area contributed by atoms with Crippen molar-refractivity contribution in [3.8, 4) is 22.8 Å². The molecule has 0 fully saturated rings. The molecule has 8 heteroatoms. The molecule has 0 unspecified atom stereocenters. The standard InChI is InChI=1S/C18H19N3O3S2/c1-24-16-10-8-15(9-11-16)21-17(14-6-4-3-5-7-14)19-20-18(21)25-12-13-26(2,22)23/h3-11H,12-13H2,1-2H3. The van der Waals surface area contributed by atoms with E-state index in [1.54, 1.807) is 7.11 Å². The topological polar surface area (TPSA) is 74.1 Å². The number of benzene rings is 2. The Morgan fingerprint density at radius 3 is 2.35 bits per heavy atom. The van der Waals surface area contributed by atoms with Gasteiger partial charge in [0, 0.05) is 23.3 Å². The highest BCUT2D eigenvalue weighted by atomic mass is 32.2. The van der Waals surface area contributed by atoms with E-state index in [0.717, 1.165) is 17.0 Å². The quantitative estimate of drug-likeness (QED) is 0.578. The molecule has 0 aliphatic rings. The summed E-state index contributed by atoms with van der Waals surface area (Å²) in [5.74, 6) is 1.97. The van der Waals surface area contributed by atoms with Crippen LogP contribution in [0.1, 0.15) is 0 Å². The fourth-order valence-electron chi connectivity index (χ4n) is 2.39. The Labute approximate surface area is 157 Å². The van der Waals surface area contributed by atoms with E-state index in [9.17, 15) is 8.42 Å². The second-order valence-corrected chi connectivity index (χ2v) is 9.01. The molecule has 0 amide bonds. The first-order chi connectivity index (χ1) is 12.5. The molecule has 0 saturated carbocycles. The zero-order valence-corrected chi connectivity index (χ0v) is 16.1. The summed E-state index contributed by atoms with van der Waals surface area (Å²) >= 11 is 1.37. The second-order valence-electron chi connectivity index (χ2n) is 5.68. The molecule has 0 saturated heterocycles. The summed E-state index contributed by atoms with van der Waals surface area (Å²) in [5.41, 5.74) is 1.82. The van der Waals surface area contributed by atoms with Crippen LogP contribution in [0.5, 0.6) is 5.75 Å². The molecule has 1 aromatic heterocycles. The molecule has 2 aromatic carbocycles. The number of hydrogen-bond acceptors (Lipinski definition) is 6. The van der Waals surface area contributed by atoms with E-state index in [0.29, 0.717) is 16.7 Å². The lowest BCUT2D eigenvalue weighted by Gasteiger charge is -2.11. The van der Waals surface area contributed by atoms with Gasteiger partial charge in [0.2, 0.25) is 0 Å². The van der Waals surface area contributed by atoms with E-state index in [1.807, 2.05) is 59.2 Å². The van der Waals surface area contributed by atoms with Gasteiger partial charge in [-0.3, -0.25) is 4.57 Å². The van der Waals surface area contributed by atoms with Crippen molar-refractivity contribution in [2.75, 3.05) is 24.9 Å². The minimum Gasteiger partial charge on any atom is -0.497 e. The largest absolute Gasteiger partial charge is 0.497 e. The number of ether oxygens (including phenoxy) is 1. The summed E-state index contributed by atoms with van der Waals surface area (Å²) in [6.07, 6.45) is 1.23. The molecule has 0 bridgehead atoms. The van der Waals surface area contributed by atoms with E-state index in [-0.39, 0.29) is 5.75 Å². The van der Waals surface area contributed by atoms with Crippen LogP contribution in [0.2, 0.25) is 0 Å². The Balaban J connectivity index is 2.00. The third-order valence-electron chi connectivity index (χ3n) is 3.68. The number of aromatic nitrogens is 3. The Hall–Kier alpha value is -2.32. The molecular formula is C18H19N3O3S2. The lowest BCUT2D eigenvalue weighted by molar-refractivity contribution is 0.414. The minimum atomic E-state index is -3.02. The van der Waals surface area contributed by atoms with Crippen molar-refractivity contribution < 1.29 is 13.2 Å². The second kappa shape index (κ2) is 7.92. The molecule has 26 heavy (non-hydrogen) atoms. The van der Waals surface area contributed by atoms with Gasteiger partial charge >= 0.3 is 0 Å². The maximum atomic E-state index is 11.4. The SMILES string of the molecule is COc1ccc(-n2c(SCCS(C)(=O)=O)nnc2-c2ccccc2)cc1. The minimum absolute atomic E-state index is 0.0911. The summed E-state index contributed by atoms with van der Waals surface area (Å²) in [7, 11) is -1.40. The van der Waals surface area contributed by atoms with Crippen LogP contribution < -0.4 is 4.74 Å². The summed E-state index contributed by atoms with van der Waals surface area (Å²) in [5, 5.41) is 9.26. The number of methoxy groups -OCH3 is 1. The fourth-order valence-corrected chi connectivity index (χ4v) is 4.53. The van der Waals surface area contributed by atoms with E-state index in [2.05, 4.69) is 10.2 Å². The molecule has 3 rings (SSSR count). The molecule has 6 nitrogen and oxygen atoms in total. The van der Waals surface area contributed by atoms with Gasteiger partial charge in [-0.1, -0.05) is 42.1 Å². The van der Waals surface area contributed by atoms with Gasteiger partial charge in [-0.25, -0.2) is 8.42 Å². The van der Waals surface area contributed by atoms with Gasteiger partial charge in [0.1, 0.15) is 15.6 Å². The highest BCUT2D eigenvalue weighted by molar-refractivity contribution is 8.00. The summed E-state index contributed by atoms with van der Waals surface area (Å²) < 4.78 is 30.0. The van der Waals surface area contributed by atoms with Crippen molar-refractivity contribution in [1.29, 1.82) is 0 Å². The van der Waals surface area contributed by atoms with Crippen molar-refractivity contribution in [1.82, 2.24) is 14.8 Å². The molecule has 0 N–H and O–H groups in total. The molecule has 0 aliphatic heterocycles. The van der Waals surface area contributed by atoms with Gasteiger partial charge in [-0.15, -0.1) is 10.2 Å². The van der Waals surface area contributed by atoms with Crippen LogP contribution >= 0.6 is 11.8 Å². The maximum Gasteiger partial charge on any atom is 0.196 e. The van der Waals surface area contributed by atoms with Crippen molar-refractivity contribution in [2.24, 2.45) is 0 Å². The molecular weight excluding hydrogens is 370 g/mol. The predicted molar refractivity (Wildman–Crippen MR) is 104 cm³/mol. The first kappa shape index (κ1) is 18.5. The van der Waals surface area contributed by atoms with Crippen molar-refractivity contribution in [3.05, 3.63) is 54.6 Å². The maximum absolute atomic E-state index is 11.4. The Morgan fingerprint density at radius 1 is 1.04 bits per heavy atom. The third kappa shape index (κ3) is 4.44. The Bertz CT molecular complexity index is 969. The number of hydrogen-bond donors (Lipinski definition) is 0. The summed E-state index contributed by atoms with van der Waals surface area (Å²) in [6.45, 7) is 0. The normalized spacial score (nSPS) is 11.5. The van der Waals surface area contributed by atoms with Gasteiger partial charge in [-0.05, 0) is 24.3 Å². The monoisotopic (exact) mass is 389 g/mol. The molecule has 0 spiro atoms. The summed E-state index contributed by atoms with van der Waals surface area (Å²) in [6, 6.07) is 17.4. The van der Waals surface area contributed by atoms with E-state index >= 15 is 0 Å². The van der Waals surface area contributed by atoms with Crippen molar-refractivity contribution in [2.45, 2.75) is 5.16 Å². The average molecular weight is 390 g/mol. The lowest BCUT2D eigenvalue weighted by Crippen LogP contribution is -2.06. The third-order valence-corrected chi connectivity index (χ3v) is 5.82. The van der Waals surface area contributed by atoms with Gasteiger partial charge in [0.25, 0.3) is 0 Å². The van der Waals surface area contributed by atoms with E-state index in [4.69, 9.17) is 4.74 Å². The van der Waals surface area contributed by atoms with Crippen LogP contribution in [-0.2, 0) is 9.84 Å². The average Bonchev–Trinajstić information content (AvgIpc) is 3.05. The number of sulfone groups is 1. The Morgan fingerprint density at radius 2 is 1.73 bits per heavy atom. The number of thioether (sulfide) groups is 1. The first-order valence-electron chi connectivity index (χ1n) is 7.94. The highest BCUT2D eigenvalue weighted by Gasteiger charge is 2.16. The van der Waals surface area contributed by atoms with Crippen LogP contribution in [0, 0.1) is 0 Å². The molecule has 136 valence electrons. The lowest BCUT2D eigenvalue weighted by atomic mass is 10.2. The number of rotatable bonds is 7. The van der Waals surface area contributed by atoms with Crippen LogP contribution in [0.25, 0.3) is 17.1 Å². The van der Waals surface area contributed by atoms with Crippen molar-refractivity contribution >= 4 is 21.6 Å².